The van der Waals surface area contributed by atoms with Crippen LogP contribution in [0.4, 0.5) is 11.5 Å². The zero-order chi connectivity index (χ0) is 28.9. The summed E-state index contributed by atoms with van der Waals surface area (Å²) in [5.41, 5.74) is 2.47. The number of amides is 1. The molecule has 12 heteroatoms. The van der Waals surface area contributed by atoms with E-state index in [0.717, 1.165) is 69.8 Å². The van der Waals surface area contributed by atoms with Crippen molar-refractivity contribution in [3.63, 3.8) is 0 Å². The molecule has 3 heterocycles. The second-order valence-electron chi connectivity index (χ2n) is 10.4. The first kappa shape index (κ1) is 29.5. The highest BCUT2D eigenvalue weighted by molar-refractivity contribution is 6.42. The normalized spacial score (nSPS) is 17.0. The fraction of sp³-hybridized carbons (Fsp3) is 0.379. The first-order chi connectivity index (χ1) is 19.8. The Morgan fingerprint density at radius 2 is 1.59 bits per heavy atom. The van der Waals surface area contributed by atoms with E-state index in [0.29, 0.717) is 39.0 Å². The number of pyridine rings is 1. The molecule has 0 unspecified atom stereocenters. The number of piperazine rings is 1. The van der Waals surface area contributed by atoms with Gasteiger partial charge in [0.05, 0.1) is 25.6 Å². The van der Waals surface area contributed by atoms with E-state index in [1.807, 2.05) is 18.2 Å². The van der Waals surface area contributed by atoms with Gasteiger partial charge in [-0.3, -0.25) is 24.7 Å². The number of piperidine rings is 1. The molecule has 2 aliphatic heterocycles. The van der Waals surface area contributed by atoms with Gasteiger partial charge in [-0.05, 0) is 55.3 Å². The Morgan fingerprint density at radius 3 is 2.22 bits per heavy atom. The van der Waals surface area contributed by atoms with Crippen molar-refractivity contribution in [2.45, 2.75) is 32.0 Å². The largest absolute Gasteiger partial charge is 0.353 e. The van der Waals surface area contributed by atoms with Crippen LogP contribution in [-0.4, -0.2) is 70.9 Å². The molecule has 1 aromatic heterocycles. The molecule has 5 rings (SSSR count). The Bertz CT molecular complexity index is 1390. The van der Waals surface area contributed by atoms with Crippen LogP contribution in [0.25, 0.3) is 0 Å². The fourth-order valence-electron chi connectivity index (χ4n) is 5.44. The summed E-state index contributed by atoms with van der Waals surface area (Å²) in [4.78, 5) is 34.9. The number of benzene rings is 2. The van der Waals surface area contributed by atoms with Crippen LogP contribution in [0.15, 0.2) is 54.7 Å². The smallest absolute Gasteiger partial charge is 0.269 e. The summed E-state index contributed by atoms with van der Waals surface area (Å²) < 4.78 is 0. The summed E-state index contributed by atoms with van der Waals surface area (Å²) in [6.45, 7) is 6.62. The van der Waals surface area contributed by atoms with E-state index < -0.39 is 0 Å². The van der Waals surface area contributed by atoms with E-state index in [-0.39, 0.29) is 16.5 Å². The van der Waals surface area contributed by atoms with Crippen molar-refractivity contribution >= 4 is 52.2 Å². The number of nitro groups is 1. The third-order valence-corrected chi connectivity index (χ3v) is 8.78. The van der Waals surface area contributed by atoms with Gasteiger partial charge >= 0.3 is 0 Å². The Morgan fingerprint density at radius 1 is 0.902 bits per heavy atom. The van der Waals surface area contributed by atoms with Gasteiger partial charge in [0.15, 0.2) is 0 Å². The number of nitro benzene ring substituents is 1. The van der Waals surface area contributed by atoms with Crippen LogP contribution in [0.1, 0.15) is 34.3 Å². The first-order valence-corrected chi connectivity index (χ1v) is 14.7. The molecule has 0 radical (unpaired) electrons. The maximum absolute atomic E-state index is 12.7. The summed E-state index contributed by atoms with van der Waals surface area (Å²) in [6.07, 6.45) is 3.76. The second-order valence-corrected chi connectivity index (χ2v) is 11.6. The molecule has 0 atom stereocenters. The average Bonchev–Trinajstić information content (AvgIpc) is 2.98. The van der Waals surface area contributed by atoms with Crippen LogP contribution in [0.5, 0.6) is 0 Å². The quantitative estimate of drug-likeness (QED) is 0.257. The first-order valence-electron chi connectivity index (χ1n) is 13.6. The predicted octanol–water partition coefficient (Wildman–Crippen LogP) is 5.67. The summed E-state index contributed by atoms with van der Waals surface area (Å²) >= 11 is 18.6. The Balaban J connectivity index is 1.07. The van der Waals surface area contributed by atoms with Gasteiger partial charge < -0.3 is 10.2 Å². The zero-order valence-corrected chi connectivity index (χ0v) is 24.7. The zero-order valence-electron chi connectivity index (χ0n) is 22.4. The van der Waals surface area contributed by atoms with Gasteiger partial charge in [0.2, 0.25) is 0 Å². The molecular formula is C29H31Cl3N6O3. The standard InChI is InChI=1S/C29H31Cl3N6O3/c30-25-6-3-21(15-26(25)31)17-34-29(39)22-16-27(32)28(33-18-22)37-13-11-36(12-14-37)23-7-9-35(10-8-23)19-20-1-4-24(5-2-20)38(40)41/h1-6,15-16,18,23H,7-14,17,19H2,(H,34,39). The topological polar surface area (TPSA) is 94.9 Å². The number of halogens is 3. The minimum Gasteiger partial charge on any atom is -0.353 e. The highest BCUT2D eigenvalue weighted by Gasteiger charge is 2.28. The van der Waals surface area contributed by atoms with Gasteiger partial charge in [-0.15, -0.1) is 0 Å². The molecule has 0 saturated carbocycles. The molecule has 2 saturated heterocycles. The highest BCUT2D eigenvalue weighted by atomic mass is 35.5. The van der Waals surface area contributed by atoms with Crippen molar-refractivity contribution in [1.82, 2.24) is 20.1 Å². The number of likely N-dealkylation sites (tertiary alicyclic amines) is 1. The molecule has 3 aromatic rings. The van der Waals surface area contributed by atoms with Crippen LogP contribution in [0, 0.1) is 10.1 Å². The number of hydrogen-bond acceptors (Lipinski definition) is 7. The third kappa shape index (κ3) is 7.47. The van der Waals surface area contributed by atoms with Crippen molar-refractivity contribution in [2.24, 2.45) is 0 Å². The van der Waals surface area contributed by atoms with Gasteiger partial charge in [-0.1, -0.05) is 53.0 Å². The van der Waals surface area contributed by atoms with E-state index in [4.69, 9.17) is 34.8 Å². The van der Waals surface area contributed by atoms with Crippen molar-refractivity contribution in [2.75, 3.05) is 44.2 Å². The molecule has 1 amide bonds. The number of hydrogen-bond donors (Lipinski definition) is 1. The number of nitrogens with zero attached hydrogens (tertiary/aromatic N) is 5. The molecule has 0 aliphatic carbocycles. The number of anilines is 1. The molecule has 2 fully saturated rings. The minimum atomic E-state index is -0.366. The second kappa shape index (κ2) is 13.4. The number of nitrogens with one attached hydrogen (secondary N) is 1. The van der Waals surface area contributed by atoms with Gasteiger partial charge in [0.1, 0.15) is 5.82 Å². The van der Waals surface area contributed by atoms with Crippen molar-refractivity contribution in [1.29, 1.82) is 0 Å². The maximum atomic E-state index is 12.7. The van der Waals surface area contributed by atoms with Crippen molar-refractivity contribution < 1.29 is 9.72 Å². The van der Waals surface area contributed by atoms with Gasteiger partial charge in [-0.25, -0.2) is 4.98 Å². The van der Waals surface area contributed by atoms with Gasteiger partial charge in [0.25, 0.3) is 11.6 Å². The fourth-order valence-corrected chi connectivity index (χ4v) is 6.05. The lowest BCUT2D eigenvalue weighted by molar-refractivity contribution is -0.384. The predicted molar refractivity (Wildman–Crippen MR) is 162 cm³/mol. The van der Waals surface area contributed by atoms with E-state index in [1.54, 1.807) is 36.5 Å². The SMILES string of the molecule is O=C(NCc1ccc(Cl)c(Cl)c1)c1cnc(N2CCN(C3CCN(Cc4ccc([N+](=O)[O-])cc4)CC3)CC2)c(Cl)c1. The highest BCUT2D eigenvalue weighted by Crippen LogP contribution is 2.27. The molecule has 216 valence electrons. The van der Waals surface area contributed by atoms with Crippen LogP contribution in [-0.2, 0) is 13.1 Å². The molecule has 41 heavy (non-hydrogen) atoms. The van der Waals surface area contributed by atoms with E-state index in [2.05, 4.69) is 25.0 Å². The molecule has 0 bridgehead atoms. The Hall–Kier alpha value is -2.95. The van der Waals surface area contributed by atoms with Crippen LogP contribution < -0.4 is 10.2 Å². The van der Waals surface area contributed by atoms with Gasteiger partial charge in [-0.2, -0.15) is 0 Å². The van der Waals surface area contributed by atoms with E-state index in [1.165, 1.54) is 0 Å². The minimum absolute atomic E-state index is 0.126. The number of carbonyl (C=O) groups is 1. The van der Waals surface area contributed by atoms with Crippen molar-refractivity contribution in [3.05, 3.63) is 96.6 Å². The van der Waals surface area contributed by atoms with E-state index >= 15 is 0 Å². The molecule has 9 nitrogen and oxygen atoms in total. The Kier molecular flexibility index (Phi) is 9.62. The summed E-state index contributed by atoms with van der Waals surface area (Å²) in [6, 6.07) is 14.3. The van der Waals surface area contributed by atoms with Crippen LogP contribution >= 0.6 is 34.8 Å². The summed E-state index contributed by atoms with van der Waals surface area (Å²) in [5, 5.41) is 15.1. The summed E-state index contributed by atoms with van der Waals surface area (Å²) in [7, 11) is 0. The lowest BCUT2D eigenvalue weighted by Gasteiger charge is -2.43. The monoisotopic (exact) mass is 616 g/mol. The average molecular weight is 618 g/mol. The molecular weight excluding hydrogens is 587 g/mol. The third-order valence-electron chi connectivity index (χ3n) is 7.76. The lowest BCUT2D eigenvalue weighted by Crippen LogP contribution is -2.53. The number of aromatic nitrogens is 1. The van der Waals surface area contributed by atoms with Gasteiger partial charge in [0, 0.05) is 63.6 Å². The van der Waals surface area contributed by atoms with Crippen molar-refractivity contribution in [3.8, 4) is 0 Å². The Labute approximate surface area is 254 Å². The number of rotatable bonds is 8. The molecule has 1 N–H and O–H groups in total. The molecule has 2 aliphatic rings. The summed E-state index contributed by atoms with van der Waals surface area (Å²) in [5.74, 6) is 0.437. The van der Waals surface area contributed by atoms with Crippen LogP contribution in [0.3, 0.4) is 0 Å². The molecule has 2 aromatic carbocycles. The van der Waals surface area contributed by atoms with E-state index in [9.17, 15) is 14.9 Å². The number of carbonyl (C=O) groups excluding carboxylic acids is 1. The number of non-ortho nitro benzene ring substituents is 1. The lowest BCUT2D eigenvalue weighted by atomic mass is 10.0. The van der Waals surface area contributed by atoms with Crippen LogP contribution in [0.2, 0.25) is 15.1 Å². The molecule has 0 spiro atoms. The maximum Gasteiger partial charge on any atom is 0.269 e.